The first kappa shape index (κ1) is 18.5. The van der Waals surface area contributed by atoms with Crippen LogP contribution in [0.4, 0.5) is 0 Å². The lowest BCUT2D eigenvalue weighted by Crippen LogP contribution is -2.25. The highest BCUT2D eigenvalue weighted by Gasteiger charge is 2.15. The van der Waals surface area contributed by atoms with Gasteiger partial charge in [0, 0.05) is 36.1 Å². The van der Waals surface area contributed by atoms with Crippen molar-refractivity contribution in [3.05, 3.63) is 71.9 Å². The molecule has 0 amide bonds. The first-order valence-electron chi connectivity index (χ1n) is 9.03. The number of hydrogen-bond donors (Lipinski definition) is 2. The SMILES string of the molecule is Cc1nc(-c2ccc(S(=O)(=O)NCCc3c[nH]c4ccccc34)cc2)c(C)o1. The van der Waals surface area contributed by atoms with E-state index in [1.807, 2.05) is 37.4 Å². The Morgan fingerprint density at radius 2 is 1.82 bits per heavy atom. The fourth-order valence-electron chi connectivity index (χ4n) is 3.33. The monoisotopic (exact) mass is 395 g/mol. The Kier molecular flexibility index (Phi) is 4.78. The maximum atomic E-state index is 12.6. The summed E-state index contributed by atoms with van der Waals surface area (Å²) in [6.45, 7) is 3.95. The number of rotatable bonds is 6. The third-order valence-electron chi connectivity index (χ3n) is 4.70. The Hall–Kier alpha value is -2.90. The summed E-state index contributed by atoms with van der Waals surface area (Å²) in [4.78, 5) is 7.77. The van der Waals surface area contributed by atoms with Crippen LogP contribution < -0.4 is 4.72 Å². The quantitative estimate of drug-likeness (QED) is 0.517. The van der Waals surface area contributed by atoms with Gasteiger partial charge < -0.3 is 9.40 Å². The number of fused-ring (bicyclic) bond motifs is 1. The topological polar surface area (TPSA) is 88.0 Å². The van der Waals surface area contributed by atoms with E-state index in [9.17, 15) is 8.42 Å². The number of aromatic amines is 1. The summed E-state index contributed by atoms with van der Waals surface area (Å²) >= 11 is 0. The van der Waals surface area contributed by atoms with Crippen molar-refractivity contribution in [3.8, 4) is 11.3 Å². The minimum atomic E-state index is -3.57. The van der Waals surface area contributed by atoms with Crippen LogP contribution in [-0.4, -0.2) is 24.9 Å². The highest BCUT2D eigenvalue weighted by molar-refractivity contribution is 7.89. The number of benzene rings is 2. The number of H-pyrrole nitrogens is 1. The van der Waals surface area contributed by atoms with E-state index < -0.39 is 10.0 Å². The summed E-state index contributed by atoms with van der Waals surface area (Å²) in [5.74, 6) is 1.30. The van der Waals surface area contributed by atoms with E-state index in [2.05, 4.69) is 14.7 Å². The van der Waals surface area contributed by atoms with Crippen LogP contribution >= 0.6 is 0 Å². The van der Waals surface area contributed by atoms with E-state index in [0.717, 1.165) is 27.7 Å². The van der Waals surface area contributed by atoms with Gasteiger partial charge in [0.25, 0.3) is 0 Å². The van der Waals surface area contributed by atoms with Crippen LogP contribution in [0.2, 0.25) is 0 Å². The summed E-state index contributed by atoms with van der Waals surface area (Å²) in [7, 11) is -3.57. The normalized spacial score (nSPS) is 11.9. The van der Waals surface area contributed by atoms with Crippen LogP contribution in [0.15, 0.2) is 64.0 Å². The Balaban J connectivity index is 1.45. The molecule has 6 nitrogen and oxygen atoms in total. The molecule has 0 aliphatic rings. The van der Waals surface area contributed by atoms with Crippen molar-refractivity contribution in [2.24, 2.45) is 0 Å². The van der Waals surface area contributed by atoms with Crippen LogP contribution in [0.1, 0.15) is 17.2 Å². The van der Waals surface area contributed by atoms with Gasteiger partial charge in [-0.15, -0.1) is 0 Å². The summed E-state index contributed by atoms with van der Waals surface area (Å²) in [6.07, 6.45) is 2.54. The number of oxazole rings is 1. The van der Waals surface area contributed by atoms with Gasteiger partial charge >= 0.3 is 0 Å². The van der Waals surface area contributed by atoms with Gasteiger partial charge in [-0.3, -0.25) is 0 Å². The summed E-state index contributed by atoms with van der Waals surface area (Å²) in [6, 6.07) is 14.7. The number of sulfonamides is 1. The van der Waals surface area contributed by atoms with Gasteiger partial charge in [-0.05, 0) is 37.1 Å². The molecule has 2 aromatic heterocycles. The van der Waals surface area contributed by atoms with Crippen molar-refractivity contribution in [1.29, 1.82) is 0 Å². The number of aromatic nitrogens is 2. The van der Waals surface area contributed by atoms with Crippen molar-refractivity contribution in [2.45, 2.75) is 25.2 Å². The minimum absolute atomic E-state index is 0.230. The van der Waals surface area contributed by atoms with Crippen molar-refractivity contribution in [2.75, 3.05) is 6.54 Å². The number of aryl methyl sites for hydroxylation is 2. The van der Waals surface area contributed by atoms with Gasteiger partial charge in [0.2, 0.25) is 10.0 Å². The molecule has 0 aliphatic carbocycles. The van der Waals surface area contributed by atoms with E-state index in [1.54, 1.807) is 31.2 Å². The van der Waals surface area contributed by atoms with Crippen molar-refractivity contribution >= 4 is 20.9 Å². The van der Waals surface area contributed by atoms with Crippen LogP contribution in [0.5, 0.6) is 0 Å². The van der Waals surface area contributed by atoms with Gasteiger partial charge in [-0.2, -0.15) is 0 Å². The molecule has 2 heterocycles. The predicted molar refractivity (Wildman–Crippen MR) is 109 cm³/mol. The molecule has 0 saturated heterocycles. The molecular weight excluding hydrogens is 374 g/mol. The number of hydrogen-bond acceptors (Lipinski definition) is 4. The average Bonchev–Trinajstić information content (AvgIpc) is 3.24. The van der Waals surface area contributed by atoms with Crippen LogP contribution in [0, 0.1) is 13.8 Å². The second-order valence-electron chi connectivity index (χ2n) is 6.67. The van der Waals surface area contributed by atoms with E-state index in [-0.39, 0.29) is 4.90 Å². The summed E-state index contributed by atoms with van der Waals surface area (Å²) < 4.78 is 33.3. The smallest absolute Gasteiger partial charge is 0.240 e. The third kappa shape index (κ3) is 3.58. The van der Waals surface area contributed by atoms with Gasteiger partial charge in [0.1, 0.15) is 11.5 Å². The molecule has 0 bridgehead atoms. The zero-order valence-electron chi connectivity index (χ0n) is 15.7. The second kappa shape index (κ2) is 7.26. The predicted octanol–water partition coefficient (Wildman–Crippen LogP) is 3.96. The Morgan fingerprint density at radius 1 is 1.07 bits per heavy atom. The molecule has 0 radical (unpaired) electrons. The summed E-state index contributed by atoms with van der Waals surface area (Å²) in [5, 5.41) is 1.12. The molecule has 2 N–H and O–H groups in total. The van der Waals surface area contributed by atoms with Gasteiger partial charge in [0.05, 0.1) is 4.90 Å². The largest absolute Gasteiger partial charge is 0.446 e. The van der Waals surface area contributed by atoms with E-state index >= 15 is 0 Å². The second-order valence-corrected chi connectivity index (χ2v) is 8.44. The van der Waals surface area contributed by atoms with Crippen LogP contribution in [0.3, 0.4) is 0 Å². The molecular formula is C21H21N3O3S. The number of nitrogens with zero attached hydrogens (tertiary/aromatic N) is 1. The molecule has 7 heteroatoms. The lowest BCUT2D eigenvalue weighted by atomic mass is 10.1. The standard InChI is InChI=1S/C21H21N3O3S/c1-14-21(24-15(2)27-14)16-7-9-18(10-8-16)28(25,26)23-12-11-17-13-22-20-6-4-3-5-19(17)20/h3-10,13,22-23H,11-12H2,1-2H3. The lowest BCUT2D eigenvalue weighted by Gasteiger charge is -2.07. The number of para-hydroxylation sites is 1. The average molecular weight is 395 g/mol. The highest BCUT2D eigenvalue weighted by Crippen LogP contribution is 2.24. The molecule has 0 spiro atoms. The van der Waals surface area contributed by atoms with E-state index in [4.69, 9.17) is 4.42 Å². The fourth-order valence-corrected chi connectivity index (χ4v) is 4.36. The Labute approximate surface area is 163 Å². The molecule has 4 rings (SSSR count). The van der Waals surface area contributed by atoms with Crippen molar-refractivity contribution in [3.63, 3.8) is 0 Å². The molecule has 0 aliphatic heterocycles. The summed E-state index contributed by atoms with van der Waals surface area (Å²) in [5.41, 5.74) is 3.70. The van der Waals surface area contributed by atoms with Gasteiger partial charge in [-0.25, -0.2) is 18.1 Å². The van der Waals surface area contributed by atoms with Crippen molar-refractivity contribution in [1.82, 2.24) is 14.7 Å². The maximum absolute atomic E-state index is 12.6. The third-order valence-corrected chi connectivity index (χ3v) is 6.18. The fraction of sp³-hybridized carbons (Fsp3) is 0.190. The Morgan fingerprint density at radius 3 is 2.54 bits per heavy atom. The molecule has 4 aromatic rings. The minimum Gasteiger partial charge on any atom is -0.446 e. The van der Waals surface area contributed by atoms with E-state index in [1.165, 1.54) is 0 Å². The maximum Gasteiger partial charge on any atom is 0.240 e. The molecule has 0 unspecified atom stereocenters. The van der Waals surface area contributed by atoms with Crippen LogP contribution in [0.25, 0.3) is 22.2 Å². The first-order chi connectivity index (χ1) is 13.4. The molecule has 28 heavy (non-hydrogen) atoms. The first-order valence-corrected chi connectivity index (χ1v) is 10.5. The highest BCUT2D eigenvalue weighted by atomic mass is 32.2. The molecule has 144 valence electrons. The number of nitrogens with one attached hydrogen (secondary N) is 2. The van der Waals surface area contributed by atoms with Gasteiger partial charge in [0.15, 0.2) is 5.89 Å². The van der Waals surface area contributed by atoms with E-state index in [0.29, 0.717) is 24.6 Å². The zero-order chi connectivity index (χ0) is 19.7. The van der Waals surface area contributed by atoms with Crippen molar-refractivity contribution < 1.29 is 12.8 Å². The lowest BCUT2D eigenvalue weighted by molar-refractivity contribution is 0.495. The molecule has 2 aromatic carbocycles. The Bertz CT molecular complexity index is 1220. The van der Waals surface area contributed by atoms with Gasteiger partial charge in [-0.1, -0.05) is 30.3 Å². The zero-order valence-corrected chi connectivity index (χ0v) is 16.5. The van der Waals surface area contributed by atoms with Crippen LogP contribution in [-0.2, 0) is 16.4 Å². The molecule has 0 fully saturated rings. The molecule has 0 atom stereocenters. The molecule has 0 saturated carbocycles.